The predicted molar refractivity (Wildman–Crippen MR) is 95.9 cm³/mol. The highest BCUT2D eigenvalue weighted by atomic mass is 16.5. The second-order valence-corrected chi connectivity index (χ2v) is 5.93. The maximum Gasteiger partial charge on any atom is 0.140 e. The average molecular weight is 325 g/mol. The first kappa shape index (κ1) is 16.3. The average Bonchev–Trinajstić information content (AvgIpc) is 3.01. The molecule has 24 heavy (non-hydrogen) atoms. The van der Waals surface area contributed by atoms with E-state index in [1.807, 2.05) is 30.5 Å². The third kappa shape index (κ3) is 2.61. The second-order valence-electron chi connectivity index (χ2n) is 5.93. The molecule has 1 atom stereocenters. The Bertz CT molecular complexity index is 870. The van der Waals surface area contributed by atoms with Crippen LogP contribution in [0.15, 0.2) is 36.5 Å². The number of benzene rings is 1. The fraction of sp³-hybridized carbons (Fsp3) is 0.316. The molecule has 2 aromatic heterocycles. The molecule has 0 radical (unpaired) electrons. The molecule has 0 bridgehead atoms. The van der Waals surface area contributed by atoms with Gasteiger partial charge in [0, 0.05) is 24.2 Å². The van der Waals surface area contributed by atoms with Gasteiger partial charge in [-0.3, -0.25) is 0 Å². The monoisotopic (exact) mass is 325 g/mol. The van der Waals surface area contributed by atoms with Crippen molar-refractivity contribution in [2.75, 3.05) is 20.8 Å². The Labute approximate surface area is 142 Å². The molecule has 126 valence electrons. The van der Waals surface area contributed by atoms with Crippen molar-refractivity contribution in [3.05, 3.63) is 47.8 Å². The third-order valence-corrected chi connectivity index (χ3v) is 4.36. The molecule has 5 heteroatoms. The highest BCUT2D eigenvalue weighted by Crippen LogP contribution is 2.38. The molecule has 0 saturated heterocycles. The molecule has 0 amide bonds. The van der Waals surface area contributed by atoms with Crippen LogP contribution in [-0.4, -0.2) is 30.1 Å². The zero-order chi connectivity index (χ0) is 17.3. The SMILES string of the molecule is COc1ccc(OC)c(-c2nc3c(C)cccn3c2C(C)CN)c1. The molecular weight excluding hydrogens is 302 g/mol. The van der Waals surface area contributed by atoms with Gasteiger partial charge in [-0.05, 0) is 36.8 Å². The number of nitrogens with zero attached hydrogens (tertiary/aromatic N) is 2. The van der Waals surface area contributed by atoms with Gasteiger partial charge in [0.15, 0.2) is 0 Å². The molecule has 3 aromatic rings. The van der Waals surface area contributed by atoms with Crippen LogP contribution in [0.1, 0.15) is 24.1 Å². The van der Waals surface area contributed by atoms with Crippen molar-refractivity contribution >= 4 is 5.65 Å². The van der Waals surface area contributed by atoms with E-state index in [9.17, 15) is 0 Å². The molecule has 3 rings (SSSR count). The molecule has 1 unspecified atom stereocenters. The zero-order valence-electron chi connectivity index (χ0n) is 14.5. The maximum absolute atomic E-state index is 5.97. The lowest BCUT2D eigenvalue weighted by molar-refractivity contribution is 0.404. The first-order chi connectivity index (χ1) is 11.6. The van der Waals surface area contributed by atoms with E-state index in [1.165, 1.54) is 0 Å². The second kappa shape index (κ2) is 6.53. The summed E-state index contributed by atoms with van der Waals surface area (Å²) < 4.78 is 13.1. The van der Waals surface area contributed by atoms with Crippen LogP contribution in [0, 0.1) is 6.92 Å². The fourth-order valence-corrected chi connectivity index (χ4v) is 3.00. The number of rotatable bonds is 5. The van der Waals surface area contributed by atoms with Crippen LogP contribution in [0.2, 0.25) is 0 Å². The third-order valence-electron chi connectivity index (χ3n) is 4.36. The number of ether oxygens (including phenoxy) is 2. The van der Waals surface area contributed by atoms with E-state index in [-0.39, 0.29) is 5.92 Å². The topological polar surface area (TPSA) is 61.8 Å². The summed E-state index contributed by atoms with van der Waals surface area (Å²) in [4.78, 5) is 4.91. The van der Waals surface area contributed by atoms with E-state index < -0.39 is 0 Å². The van der Waals surface area contributed by atoms with Gasteiger partial charge in [-0.2, -0.15) is 0 Å². The first-order valence-corrected chi connectivity index (χ1v) is 8.00. The van der Waals surface area contributed by atoms with Crippen molar-refractivity contribution in [2.24, 2.45) is 5.73 Å². The first-order valence-electron chi connectivity index (χ1n) is 8.00. The van der Waals surface area contributed by atoms with Crippen molar-refractivity contribution in [3.63, 3.8) is 0 Å². The Balaban J connectivity index is 2.35. The maximum atomic E-state index is 5.97. The zero-order valence-corrected chi connectivity index (χ0v) is 14.5. The number of hydrogen-bond acceptors (Lipinski definition) is 4. The summed E-state index contributed by atoms with van der Waals surface area (Å²) in [6, 6.07) is 9.84. The van der Waals surface area contributed by atoms with Gasteiger partial charge in [0.25, 0.3) is 0 Å². The summed E-state index contributed by atoms with van der Waals surface area (Å²) in [5.74, 6) is 1.70. The van der Waals surface area contributed by atoms with Gasteiger partial charge in [0.2, 0.25) is 0 Å². The Kier molecular flexibility index (Phi) is 4.44. The number of hydrogen-bond donors (Lipinski definition) is 1. The van der Waals surface area contributed by atoms with Gasteiger partial charge in [0.05, 0.1) is 25.6 Å². The van der Waals surface area contributed by atoms with Crippen molar-refractivity contribution in [2.45, 2.75) is 19.8 Å². The molecule has 5 nitrogen and oxygen atoms in total. The Hall–Kier alpha value is -2.53. The van der Waals surface area contributed by atoms with Crippen molar-refractivity contribution in [1.82, 2.24) is 9.38 Å². The van der Waals surface area contributed by atoms with Crippen LogP contribution in [0.25, 0.3) is 16.9 Å². The lowest BCUT2D eigenvalue weighted by atomic mass is 10.0. The molecule has 0 aliphatic rings. The van der Waals surface area contributed by atoms with Gasteiger partial charge in [-0.15, -0.1) is 0 Å². The van der Waals surface area contributed by atoms with Gasteiger partial charge in [0.1, 0.15) is 17.1 Å². The summed E-state index contributed by atoms with van der Waals surface area (Å²) in [6.45, 7) is 4.72. The number of aryl methyl sites for hydroxylation is 1. The summed E-state index contributed by atoms with van der Waals surface area (Å²) in [6.07, 6.45) is 2.03. The highest BCUT2D eigenvalue weighted by molar-refractivity contribution is 5.75. The summed E-state index contributed by atoms with van der Waals surface area (Å²) in [7, 11) is 3.32. The van der Waals surface area contributed by atoms with E-state index in [0.717, 1.165) is 39.7 Å². The number of fused-ring (bicyclic) bond motifs is 1. The molecule has 0 fully saturated rings. The Morgan fingerprint density at radius 3 is 2.67 bits per heavy atom. The normalized spacial score (nSPS) is 12.4. The van der Waals surface area contributed by atoms with Crippen molar-refractivity contribution < 1.29 is 9.47 Å². The minimum absolute atomic E-state index is 0.160. The van der Waals surface area contributed by atoms with Gasteiger partial charge >= 0.3 is 0 Å². The standard InChI is InChI=1S/C19H23N3O2/c1-12-6-5-9-22-18(13(2)11-20)17(21-19(12)22)15-10-14(23-3)7-8-16(15)24-4/h5-10,13H,11,20H2,1-4H3. The van der Waals surface area contributed by atoms with Crippen LogP contribution < -0.4 is 15.2 Å². The highest BCUT2D eigenvalue weighted by Gasteiger charge is 2.22. The van der Waals surface area contributed by atoms with E-state index in [0.29, 0.717) is 6.54 Å². The van der Waals surface area contributed by atoms with Crippen molar-refractivity contribution in [1.29, 1.82) is 0 Å². The largest absolute Gasteiger partial charge is 0.497 e. The quantitative estimate of drug-likeness (QED) is 0.781. The smallest absolute Gasteiger partial charge is 0.140 e. The van der Waals surface area contributed by atoms with Crippen LogP contribution in [0.4, 0.5) is 0 Å². The van der Waals surface area contributed by atoms with Crippen LogP contribution in [-0.2, 0) is 0 Å². The fourth-order valence-electron chi connectivity index (χ4n) is 3.00. The molecule has 2 heterocycles. The molecular formula is C19H23N3O2. The number of nitrogens with two attached hydrogens (primary N) is 1. The Morgan fingerprint density at radius 2 is 2.00 bits per heavy atom. The molecule has 0 saturated carbocycles. The van der Waals surface area contributed by atoms with E-state index in [1.54, 1.807) is 14.2 Å². The molecule has 1 aromatic carbocycles. The molecule has 0 aliphatic carbocycles. The van der Waals surface area contributed by atoms with Gasteiger partial charge in [-0.25, -0.2) is 4.98 Å². The minimum atomic E-state index is 0.160. The van der Waals surface area contributed by atoms with Crippen LogP contribution in [0.3, 0.4) is 0 Å². The van der Waals surface area contributed by atoms with Gasteiger partial charge in [-0.1, -0.05) is 13.0 Å². The summed E-state index contributed by atoms with van der Waals surface area (Å²) in [5, 5.41) is 0. The molecule has 0 aliphatic heterocycles. The van der Waals surface area contributed by atoms with E-state index in [2.05, 4.69) is 24.3 Å². The van der Waals surface area contributed by atoms with Gasteiger partial charge < -0.3 is 19.6 Å². The van der Waals surface area contributed by atoms with Crippen molar-refractivity contribution in [3.8, 4) is 22.8 Å². The lowest BCUT2D eigenvalue weighted by Gasteiger charge is -2.14. The number of imidazole rings is 1. The Morgan fingerprint density at radius 1 is 1.21 bits per heavy atom. The number of methoxy groups -OCH3 is 2. The van der Waals surface area contributed by atoms with E-state index in [4.69, 9.17) is 20.2 Å². The van der Waals surface area contributed by atoms with E-state index >= 15 is 0 Å². The van der Waals surface area contributed by atoms with Crippen LogP contribution >= 0.6 is 0 Å². The lowest BCUT2D eigenvalue weighted by Crippen LogP contribution is -2.12. The predicted octanol–water partition coefficient (Wildman–Crippen LogP) is 3.39. The summed E-state index contributed by atoms with van der Waals surface area (Å²) in [5.41, 5.74) is 10.9. The molecule has 2 N–H and O–H groups in total. The number of pyridine rings is 1. The summed E-state index contributed by atoms with van der Waals surface area (Å²) >= 11 is 0. The molecule has 0 spiro atoms. The van der Waals surface area contributed by atoms with Crippen LogP contribution in [0.5, 0.6) is 11.5 Å². The number of aromatic nitrogens is 2. The minimum Gasteiger partial charge on any atom is -0.497 e.